The zero-order valence-electron chi connectivity index (χ0n) is 16.8. The fourth-order valence-corrected chi connectivity index (χ4v) is 4.25. The third-order valence-electron chi connectivity index (χ3n) is 6.04. The minimum Gasteiger partial charge on any atom is -0.206 e. The number of aryl methyl sites for hydroxylation is 1. The van der Waals surface area contributed by atoms with Crippen molar-refractivity contribution < 1.29 is 13.2 Å². The Morgan fingerprint density at radius 1 is 0.778 bits per heavy atom. The van der Waals surface area contributed by atoms with E-state index in [9.17, 15) is 13.2 Å². The molecule has 1 saturated carbocycles. The number of hydrogen-bond donors (Lipinski definition) is 0. The Morgan fingerprint density at radius 2 is 1.33 bits per heavy atom. The van der Waals surface area contributed by atoms with Crippen molar-refractivity contribution in [3.05, 3.63) is 47.3 Å². The summed E-state index contributed by atoms with van der Waals surface area (Å²) in [6.45, 7) is 2.25. The van der Waals surface area contributed by atoms with Crippen molar-refractivity contribution in [1.29, 1.82) is 0 Å². The van der Waals surface area contributed by atoms with Crippen LogP contribution in [0, 0.1) is 5.92 Å². The standard InChI is InChI=1S/C24H35F3/c1-2-3-4-5-6-7-8-9-10-19-11-13-20(14-12-19)21-15-17-22(18-16-21)23(25)24(26)27/h11-14,21-22H,2-10,15-18H2,1H3. The fourth-order valence-electron chi connectivity index (χ4n) is 4.25. The second-order valence-corrected chi connectivity index (χ2v) is 8.12. The van der Waals surface area contributed by atoms with Crippen LogP contribution >= 0.6 is 0 Å². The summed E-state index contributed by atoms with van der Waals surface area (Å²) in [6.07, 6.45) is 12.3. The normalized spacial score (nSPS) is 19.9. The lowest BCUT2D eigenvalue weighted by Crippen LogP contribution is -2.14. The highest BCUT2D eigenvalue weighted by Gasteiger charge is 2.27. The first kappa shape index (κ1) is 22.0. The van der Waals surface area contributed by atoms with Gasteiger partial charge in [-0.15, -0.1) is 0 Å². The van der Waals surface area contributed by atoms with Crippen molar-refractivity contribution in [3.8, 4) is 0 Å². The molecule has 1 aromatic carbocycles. The molecular weight excluding hydrogens is 345 g/mol. The summed E-state index contributed by atoms with van der Waals surface area (Å²) in [5, 5.41) is 0. The van der Waals surface area contributed by atoms with Crippen molar-refractivity contribution in [2.24, 2.45) is 5.92 Å². The van der Waals surface area contributed by atoms with E-state index in [1.165, 1.54) is 62.5 Å². The number of hydrogen-bond acceptors (Lipinski definition) is 0. The van der Waals surface area contributed by atoms with Crippen LogP contribution in [0.3, 0.4) is 0 Å². The average Bonchev–Trinajstić information content (AvgIpc) is 2.70. The van der Waals surface area contributed by atoms with Crippen LogP contribution in [0.5, 0.6) is 0 Å². The zero-order valence-corrected chi connectivity index (χ0v) is 16.8. The monoisotopic (exact) mass is 380 g/mol. The maximum Gasteiger partial charge on any atom is 0.301 e. The van der Waals surface area contributed by atoms with Gasteiger partial charge in [-0.3, -0.25) is 0 Å². The Kier molecular flexibility index (Phi) is 10.0. The highest BCUT2D eigenvalue weighted by molar-refractivity contribution is 5.26. The average molecular weight is 381 g/mol. The molecule has 3 heteroatoms. The molecule has 0 amide bonds. The van der Waals surface area contributed by atoms with E-state index in [0.29, 0.717) is 18.8 Å². The Hall–Kier alpha value is -1.25. The molecule has 0 radical (unpaired) electrons. The number of rotatable bonds is 11. The molecule has 0 bridgehead atoms. The Morgan fingerprint density at radius 3 is 1.89 bits per heavy atom. The van der Waals surface area contributed by atoms with Gasteiger partial charge in [0.25, 0.3) is 0 Å². The second-order valence-electron chi connectivity index (χ2n) is 8.12. The molecule has 1 aliphatic rings. The van der Waals surface area contributed by atoms with Crippen molar-refractivity contribution in [2.45, 2.75) is 96.3 Å². The first-order valence-electron chi connectivity index (χ1n) is 10.9. The van der Waals surface area contributed by atoms with Gasteiger partial charge in [-0.25, -0.2) is 4.39 Å². The summed E-state index contributed by atoms with van der Waals surface area (Å²) < 4.78 is 38.2. The second kappa shape index (κ2) is 12.3. The maximum atomic E-state index is 13.4. The predicted molar refractivity (Wildman–Crippen MR) is 108 cm³/mol. The molecule has 1 fully saturated rings. The number of halogens is 3. The summed E-state index contributed by atoms with van der Waals surface area (Å²) in [5.41, 5.74) is 2.66. The van der Waals surface area contributed by atoms with Crippen LogP contribution in [0.2, 0.25) is 0 Å². The molecule has 0 aromatic heterocycles. The maximum absolute atomic E-state index is 13.4. The van der Waals surface area contributed by atoms with Crippen molar-refractivity contribution in [2.75, 3.05) is 0 Å². The van der Waals surface area contributed by atoms with E-state index in [0.717, 1.165) is 19.3 Å². The van der Waals surface area contributed by atoms with E-state index < -0.39 is 17.8 Å². The van der Waals surface area contributed by atoms with E-state index in [1.807, 2.05) is 0 Å². The lowest BCUT2D eigenvalue weighted by molar-refractivity contribution is 0.281. The number of benzene rings is 1. The van der Waals surface area contributed by atoms with Crippen molar-refractivity contribution in [3.63, 3.8) is 0 Å². The molecule has 0 aliphatic heterocycles. The van der Waals surface area contributed by atoms with Crippen molar-refractivity contribution in [1.82, 2.24) is 0 Å². The Bertz CT molecular complexity index is 549. The molecule has 1 aromatic rings. The molecule has 0 nitrogen and oxygen atoms in total. The van der Waals surface area contributed by atoms with Gasteiger partial charge in [0, 0.05) is 5.92 Å². The van der Waals surface area contributed by atoms with Gasteiger partial charge in [0.05, 0.1) is 0 Å². The SMILES string of the molecule is CCCCCCCCCCc1ccc(C2CCC(C(F)=C(F)F)CC2)cc1. The summed E-state index contributed by atoms with van der Waals surface area (Å²) in [6, 6.07) is 8.80. The quantitative estimate of drug-likeness (QED) is 0.337. The van der Waals surface area contributed by atoms with Crippen LogP contribution in [-0.2, 0) is 6.42 Å². The Labute approximate surface area is 163 Å². The summed E-state index contributed by atoms with van der Waals surface area (Å²) in [4.78, 5) is 0. The molecule has 0 saturated heterocycles. The molecule has 27 heavy (non-hydrogen) atoms. The van der Waals surface area contributed by atoms with Crippen LogP contribution in [0.15, 0.2) is 36.2 Å². The summed E-state index contributed by atoms with van der Waals surface area (Å²) in [7, 11) is 0. The third kappa shape index (κ3) is 7.71. The smallest absolute Gasteiger partial charge is 0.206 e. The molecule has 0 spiro atoms. The molecule has 0 atom stereocenters. The minimum atomic E-state index is -2.14. The first-order valence-corrected chi connectivity index (χ1v) is 10.9. The van der Waals surface area contributed by atoms with Gasteiger partial charge < -0.3 is 0 Å². The van der Waals surface area contributed by atoms with Gasteiger partial charge in [0.2, 0.25) is 0 Å². The molecule has 1 aliphatic carbocycles. The lowest BCUT2D eigenvalue weighted by Gasteiger charge is -2.27. The predicted octanol–water partition coefficient (Wildman–Crippen LogP) is 8.72. The zero-order chi connectivity index (χ0) is 19.5. The largest absolute Gasteiger partial charge is 0.301 e. The molecular formula is C24H35F3. The molecule has 0 N–H and O–H groups in total. The highest BCUT2D eigenvalue weighted by atomic mass is 19.3. The van der Waals surface area contributed by atoms with Crippen LogP contribution in [0.25, 0.3) is 0 Å². The van der Waals surface area contributed by atoms with Crippen LogP contribution < -0.4 is 0 Å². The fraction of sp³-hybridized carbons (Fsp3) is 0.667. The van der Waals surface area contributed by atoms with E-state index in [-0.39, 0.29) is 0 Å². The van der Waals surface area contributed by atoms with Gasteiger partial charge in [0.15, 0.2) is 5.83 Å². The first-order chi connectivity index (χ1) is 13.1. The van der Waals surface area contributed by atoms with Crippen LogP contribution in [0.4, 0.5) is 13.2 Å². The summed E-state index contributed by atoms with van der Waals surface area (Å²) >= 11 is 0. The van der Waals surface area contributed by atoms with Gasteiger partial charge in [0.1, 0.15) is 0 Å². The van der Waals surface area contributed by atoms with Gasteiger partial charge in [-0.1, -0.05) is 76.1 Å². The topological polar surface area (TPSA) is 0 Å². The van der Waals surface area contributed by atoms with Gasteiger partial charge in [-0.2, -0.15) is 8.78 Å². The lowest BCUT2D eigenvalue weighted by atomic mass is 9.78. The van der Waals surface area contributed by atoms with Crippen molar-refractivity contribution >= 4 is 0 Å². The van der Waals surface area contributed by atoms with Gasteiger partial charge >= 0.3 is 6.08 Å². The number of unbranched alkanes of at least 4 members (excludes halogenated alkanes) is 7. The molecule has 152 valence electrons. The summed E-state index contributed by atoms with van der Waals surface area (Å²) in [5.74, 6) is -1.38. The van der Waals surface area contributed by atoms with Crippen LogP contribution in [0.1, 0.15) is 101 Å². The molecule has 0 heterocycles. The van der Waals surface area contributed by atoms with Gasteiger partial charge in [-0.05, 0) is 55.6 Å². The van der Waals surface area contributed by atoms with E-state index in [4.69, 9.17) is 0 Å². The number of allylic oxidation sites excluding steroid dienone is 1. The minimum absolute atomic E-state index is 0.383. The van der Waals surface area contributed by atoms with E-state index in [2.05, 4.69) is 31.2 Å². The van der Waals surface area contributed by atoms with Crippen LogP contribution in [-0.4, -0.2) is 0 Å². The molecule has 2 rings (SSSR count). The van der Waals surface area contributed by atoms with E-state index in [1.54, 1.807) is 0 Å². The highest BCUT2D eigenvalue weighted by Crippen LogP contribution is 2.40. The molecule has 0 unspecified atom stereocenters. The Balaban J connectivity index is 1.66. The third-order valence-corrected chi connectivity index (χ3v) is 6.04. The van der Waals surface area contributed by atoms with E-state index >= 15 is 0 Å².